The number of rotatable bonds is 3. The first-order valence-electron chi connectivity index (χ1n) is 5.37. The van der Waals surface area contributed by atoms with Crippen molar-refractivity contribution in [1.82, 2.24) is 4.90 Å². The minimum atomic E-state index is -1.09. The smallest absolute Gasteiger partial charge is 0.326 e. The van der Waals surface area contributed by atoms with Gasteiger partial charge < -0.3 is 19.8 Å². The van der Waals surface area contributed by atoms with Crippen LogP contribution < -0.4 is 4.74 Å². The van der Waals surface area contributed by atoms with Crippen LogP contribution in [0.1, 0.15) is 16.1 Å². The molecule has 1 amide bonds. The van der Waals surface area contributed by atoms with E-state index in [0.29, 0.717) is 10.6 Å². The summed E-state index contributed by atoms with van der Waals surface area (Å²) >= 11 is 1.19. The fraction of sp³-hybridized carbons (Fsp3) is 0.455. The zero-order valence-electron chi connectivity index (χ0n) is 9.70. The summed E-state index contributed by atoms with van der Waals surface area (Å²) in [7, 11) is 1.50. The van der Waals surface area contributed by atoms with Crippen LogP contribution in [0, 0.1) is 0 Å². The molecule has 0 unspecified atom stereocenters. The highest BCUT2D eigenvalue weighted by molar-refractivity contribution is 7.12. The summed E-state index contributed by atoms with van der Waals surface area (Å²) in [6, 6.07) is 0.608. The van der Waals surface area contributed by atoms with Gasteiger partial charge in [-0.05, 0) is 0 Å². The molecule has 2 rings (SSSR count). The predicted octanol–water partition coefficient (Wildman–Crippen LogP) is 0.417. The van der Waals surface area contributed by atoms with Crippen molar-refractivity contribution in [2.75, 3.05) is 13.7 Å². The largest absolute Gasteiger partial charge is 0.496 e. The zero-order valence-corrected chi connectivity index (χ0v) is 10.5. The van der Waals surface area contributed by atoms with Gasteiger partial charge in [0.05, 0.1) is 18.1 Å². The Balaban J connectivity index is 2.19. The van der Waals surface area contributed by atoms with Crippen LogP contribution in [0.5, 0.6) is 5.75 Å². The second kappa shape index (κ2) is 4.95. The Morgan fingerprint density at radius 3 is 2.83 bits per heavy atom. The summed E-state index contributed by atoms with van der Waals surface area (Å²) in [4.78, 5) is 24.8. The van der Waals surface area contributed by atoms with Gasteiger partial charge in [-0.1, -0.05) is 0 Å². The highest BCUT2D eigenvalue weighted by atomic mass is 32.1. The van der Waals surface area contributed by atoms with E-state index in [1.54, 1.807) is 11.4 Å². The molecule has 0 bridgehead atoms. The summed E-state index contributed by atoms with van der Waals surface area (Å²) < 4.78 is 4.98. The normalized spacial score (nSPS) is 23.1. The zero-order chi connectivity index (χ0) is 13.3. The van der Waals surface area contributed by atoms with Gasteiger partial charge in [-0.25, -0.2) is 4.79 Å². The standard InChI is InChI=1S/C11H13NO5S/c1-17-7-3-9(18-5-7)10(14)12-4-6(13)2-8(12)11(15)16/h3,5-6,8,13H,2,4H2,1H3,(H,15,16)/t6-,8-/m0/s1. The second-order valence-corrected chi connectivity index (χ2v) is 4.96. The second-order valence-electron chi connectivity index (χ2n) is 4.05. The molecule has 1 aliphatic rings. The van der Waals surface area contributed by atoms with Crippen molar-refractivity contribution < 1.29 is 24.5 Å². The lowest BCUT2D eigenvalue weighted by atomic mass is 10.2. The lowest BCUT2D eigenvalue weighted by Crippen LogP contribution is -2.40. The van der Waals surface area contributed by atoms with Crippen LogP contribution in [0.25, 0.3) is 0 Å². The molecule has 0 aliphatic carbocycles. The quantitative estimate of drug-likeness (QED) is 0.831. The van der Waals surface area contributed by atoms with Crippen LogP contribution in [0.3, 0.4) is 0 Å². The van der Waals surface area contributed by atoms with E-state index in [0.717, 1.165) is 0 Å². The van der Waals surface area contributed by atoms with Crippen molar-refractivity contribution in [2.45, 2.75) is 18.6 Å². The van der Waals surface area contributed by atoms with E-state index in [2.05, 4.69) is 0 Å². The molecule has 0 saturated carbocycles. The number of carboxylic acids is 1. The third kappa shape index (κ3) is 2.32. The van der Waals surface area contributed by atoms with Crippen molar-refractivity contribution in [1.29, 1.82) is 0 Å². The number of nitrogens with zero attached hydrogens (tertiary/aromatic N) is 1. The average Bonchev–Trinajstić information content (AvgIpc) is 2.94. The van der Waals surface area contributed by atoms with E-state index in [1.165, 1.54) is 23.3 Å². The van der Waals surface area contributed by atoms with Crippen LogP contribution in [0.2, 0.25) is 0 Å². The number of ether oxygens (including phenoxy) is 1. The van der Waals surface area contributed by atoms with Crippen molar-refractivity contribution >= 4 is 23.2 Å². The molecule has 0 spiro atoms. The molecule has 0 aromatic carbocycles. The number of hydrogen-bond acceptors (Lipinski definition) is 5. The Hall–Kier alpha value is -1.60. The number of amides is 1. The van der Waals surface area contributed by atoms with Crippen LogP contribution in [-0.4, -0.2) is 52.8 Å². The maximum absolute atomic E-state index is 12.1. The molecule has 0 radical (unpaired) electrons. The fourth-order valence-electron chi connectivity index (χ4n) is 1.95. The number of aliphatic hydroxyl groups is 1. The predicted molar refractivity (Wildman–Crippen MR) is 64.0 cm³/mol. The molecule has 6 nitrogen and oxygen atoms in total. The Morgan fingerprint density at radius 1 is 1.56 bits per heavy atom. The van der Waals surface area contributed by atoms with Crippen LogP contribution in [-0.2, 0) is 4.79 Å². The minimum Gasteiger partial charge on any atom is -0.496 e. The van der Waals surface area contributed by atoms with E-state index in [1.807, 2.05) is 0 Å². The number of methoxy groups -OCH3 is 1. The lowest BCUT2D eigenvalue weighted by Gasteiger charge is -2.20. The van der Waals surface area contributed by atoms with Gasteiger partial charge in [0.25, 0.3) is 5.91 Å². The van der Waals surface area contributed by atoms with E-state index in [4.69, 9.17) is 9.84 Å². The van der Waals surface area contributed by atoms with Crippen molar-refractivity contribution in [3.63, 3.8) is 0 Å². The number of likely N-dealkylation sites (tertiary alicyclic amines) is 1. The number of β-amino-alcohol motifs (C(OH)–C–C–N with tert-alkyl or cyclic N) is 1. The maximum Gasteiger partial charge on any atom is 0.326 e. The minimum absolute atomic E-state index is 0.0516. The van der Waals surface area contributed by atoms with E-state index >= 15 is 0 Å². The topological polar surface area (TPSA) is 87.1 Å². The van der Waals surface area contributed by atoms with Crippen LogP contribution in [0.15, 0.2) is 11.4 Å². The molecule has 2 N–H and O–H groups in total. The molecule has 2 heterocycles. The summed E-state index contributed by atoms with van der Waals surface area (Å²) in [5.74, 6) is -0.911. The number of aliphatic carboxylic acids is 1. The van der Waals surface area contributed by atoms with E-state index in [9.17, 15) is 14.7 Å². The van der Waals surface area contributed by atoms with Crippen LogP contribution >= 0.6 is 11.3 Å². The molecule has 2 atom stereocenters. The van der Waals surface area contributed by atoms with Crippen molar-refractivity contribution in [3.05, 3.63) is 16.3 Å². The van der Waals surface area contributed by atoms with Gasteiger partial charge in [0, 0.05) is 24.4 Å². The Morgan fingerprint density at radius 2 is 2.28 bits per heavy atom. The molecule has 1 aromatic rings. The first kappa shape index (κ1) is 12.8. The number of carbonyl (C=O) groups is 2. The van der Waals surface area contributed by atoms with Gasteiger partial charge in [-0.2, -0.15) is 0 Å². The first-order chi connectivity index (χ1) is 8.52. The molecule has 1 aromatic heterocycles. The highest BCUT2D eigenvalue weighted by Gasteiger charge is 2.39. The highest BCUT2D eigenvalue weighted by Crippen LogP contribution is 2.26. The van der Waals surface area contributed by atoms with Gasteiger partial charge in [0.15, 0.2) is 0 Å². The van der Waals surface area contributed by atoms with Gasteiger partial charge in [0.1, 0.15) is 11.8 Å². The van der Waals surface area contributed by atoms with Crippen molar-refractivity contribution in [2.24, 2.45) is 0 Å². The average molecular weight is 271 g/mol. The molecule has 1 aliphatic heterocycles. The van der Waals surface area contributed by atoms with E-state index in [-0.39, 0.29) is 18.9 Å². The molecule has 1 fully saturated rings. The molecule has 98 valence electrons. The molecule has 18 heavy (non-hydrogen) atoms. The Labute approximate surface area is 107 Å². The number of carboxylic acid groups (broad SMARTS) is 1. The first-order valence-corrected chi connectivity index (χ1v) is 6.25. The molecular formula is C11H13NO5S. The van der Waals surface area contributed by atoms with Crippen LogP contribution in [0.4, 0.5) is 0 Å². The molecule has 1 saturated heterocycles. The Bertz CT molecular complexity index is 472. The number of aliphatic hydroxyl groups excluding tert-OH is 1. The van der Waals surface area contributed by atoms with Gasteiger partial charge in [-0.15, -0.1) is 11.3 Å². The third-order valence-electron chi connectivity index (χ3n) is 2.85. The number of hydrogen-bond donors (Lipinski definition) is 2. The summed E-state index contributed by atoms with van der Waals surface area (Å²) in [5, 5.41) is 20.2. The lowest BCUT2D eigenvalue weighted by molar-refractivity contribution is -0.141. The number of carbonyl (C=O) groups excluding carboxylic acids is 1. The molecule has 7 heteroatoms. The third-order valence-corrected chi connectivity index (χ3v) is 3.74. The van der Waals surface area contributed by atoms with Crippen molar-refractivity contribution in [3.8, 4) is 5.75 Å². The van der Waals surface area contributed by atoms with Gasteiger partial charge in [-0.3, -0.25) is 4.79 Å². The summed E-state index contributed by atoms with van der Waals surface area (Å²) in [6.07, 6.45) is -0.708. The molecular weight excluding hydrogens is 258 g/mol. The maximum atomic E-state index is 12.1. The SMILES string of the molecule is COc1csc(C(=O)N2C[C@@H](O)C[C@H]2C(=O)O)c1. The number of thiophene rings is 1. The van der Waals surface area contributed by atoms with Gasteiger partial charge >= 0.3 is 5.97 Å². The van der Waals surface area contributed by atoms with Gasteiger partial charge in [0.2, 0.25) is 0 Å². The summed E-state index contributed by atoms with van der Waals surface area (Å²) in [5.41, 5.74) is 0. The van der Waals surface area contributed by atoms with E-state index < -0.39 is 18.1 Å². The fourth-order valence-corrected chi connectivity index (χ4v) is 2.76. The summed E-state index contributed by atoms with van der Waals surface area (Å²) in [6.45, 7) is 0.0516. The monoisotopic (exact) mass is 271 g/mol. The Kier molecular flexibility index (Phi) is 3.53.